The molecule has 0 saturated carbocycles. The van der Waals surface area contributed by atoms with E-state index in [0.717, 1.165) is 24.8 Å². The lowest BCUT2D eigenvalue weighted by molar-refractivity contribution is 0.0510. The number of hydrogen-bond donors (Lipinski definition) is 0. The van der Waals surface area contributed by atoms with Crippen molar-refractivity contribution in [1.82, 2.24) is 4.90 Å². The number of amides is 1. The first kappa shape index (κ1) is 16.4. The summed E-state index contributed by atoms with van der Waals surface area (Å²) in [5, 5.41) is 0. The Morgan fingerprint density at radius 2 is 2.04 bits per heavy atom. The summed E-state index contributed by atoms with van der Waals surface area (Å²) in [6.45, 7) is 2.49. The van der Waals surface area contributed by atoms with Crippen LogP contribution >= 0.6 is 11.3 Å². The molecule has 25 heavy (non-hydrogen) atoms. The minimum atomic E-state index is -0.170. The molecular weight excluding hydrogens is 330 g/mol. The molecule has 4 heteroatoms. The summed E-state index contributed by atoms with van der Waals surface area (Å²) in [7, 11) is 0. The van der Waals surface area contributed by atoms with E-state index in [1.54, 1.807) is 0 Å². The van der Waals surface area contributed by atoms with Crippen molar-refractivity contribution in [2.75, 3.05) is 0 Å². The van der Waals surface area contributed by atoms with Gasteiger partial charge in [0, 0.05) is 15.8 Å². The van der Waals surface area contributed by atoms with Gasteiger partial charge >= 0.3 is 6.09 Å². The molecule has 2 atom stereocenters. The van der Waals surface area contributed by atoms with Crippen LogP contribution in [0.1, 0.15) is 41.0 Å². The zero-order valence-electron chi connectivity index (χ0n) is 14.5. The van der Waals surface area contributed by atoms with Gasteiger partial charge in [-0.15, -0.1) is 11.3 Å². The van der Waals surface area contributed by atoms with Crippen molar-refractivity contribution in [3.8, 4) is 0 Å². The third-order valence-corrected chi connectivity index (χ3v) is 6.19. The number of rotatable bonds is 3. The normalized spacial score (nSPS) is 22.4. The third kappa shape index (κ3) is 3.49. The average molecular weight is 353 g/mol. The minimum absolute atomic E-state index is 0.170. The molecule has 0 radical (unpaired) electrons. The molecule has 2 bridgehead atoms. The van der Waals surface area contributed by atoms with E-state index in [4.69, 9.17) is 4.74 Å². The maximum absolute atomic E-state index is 12.7. The zero-order valence-corrected chi connectivity index (χ0v) is 15.3. The van der Waals surface area contributed by atoms with Crippen molar-refractivity contribution in [2.24, 2.45) is 0 Å². The first-order chi connectivity index (χ1) is 12.2. The van der Waals surface area contributed by atoms with Gasteiger partial charge in [-0.3, -0.25) is 4.90 Å². The summed E-state index contributed by atoms with van der Waals surface area (Å²) in [4.78, 5) is 17.4. The third-order valence-electron chi connectivity index (χ3n) is 5.11. The molecule has 1 aromatic heterocycles. The van der Waals surface area contributed by atoms with Gasteiger partial charge < -0.3 is 4.74 Å². The van der Waals surface area contributed by atoms with Crippen LogP contribution in [0.15, 0.2) is 48.5 Å². The highest BCUT2D eigenvalue weighted by Crippen LogP contribution is 2.39. The van der Waals surface area contributed by atoms with Crippen LogP contribution in [0.25, 0.3) is 5.57 Å². The second kappa shape index (κ2) is 7.04. The molecule has 1 fully saturated rings. The monoisotopic (exact) mass is 353 g/mol. The number of benzene rings is 1. The Morgan fingerprint density at radius 1 is 1.20 bits per heavy atom. The summed E-state index contributed by atoms with van der Waals surface area (Å²) < 4.78 is 5.61. The number of carbonyl (C=O) groups is 1. The van der Waals surface area contributed by atoms with Crippen molar-refractivity contribution >= 4 is 23.0 Å². The molecule has 1 aromatic carbocycles. The topological polar surface area (TPSA) is 29.5 Å². The maximum Gasteiger partial charge on any atom is 0.410 e. The van der Waals surface area contributed by atoms with E-state index in [1.165, 1.54) is 21.7 Å². The minimum Gasteiger partial charge on any atom is -0.445 e. The molecule has 1 saturated heterocycles. The summed E-state index contributed by atoms with van der Waals surface area (Å²) >= 11 is 1.85. The highest BCUT2D eigenvalue weighted by molar-refractivity contribution is 7.13. The quantitative estimate of drug-likeness (QED) is 0.739. The largest absolute Gasteiger partial charge is 0.445 e. The fourth-order valence-electron chi connectivity index (χ4n) is 3.90. The molecule has 3 heterocycles. The van der Waals surface area contributed by atoms with Gasteiger partial charge in [-0.25, -0.2) is 4.79 Å². The molecule has 2 aromatic rings. The molecule has 1 amide bonds. The Morgan fingerprint density at radius 3 is 2.76 bits per heavy atom. The second-order valence-electron chi connectivity index (χ2n) is 6.91. The summed E-state index contributed by atoms with van der Waals surface area (Å²) in [5.74, 6) is 0. The Kier molecular flexibility index (Phi) is 4.62. The molecule has 0 aliphatic carbocycles. The van der Waals surface area contributed by atoms with Crippen LogP contribution in [0.2, 0.25) is 0 Å². The van der Waals surface area contributed by atoms with Crippen LogP contribution in [0, 0.1) is 6.92 Å². The summed E-state index contributed by atoms with van der Waals surface area (Å²) in [6.07, 6.45) is 6.35. The fraction of sp³-hybridized carbons (Fsp3) is 0.381. The van der Waals surface area contributed by atoms with Gasteiger partial charge in [0.2, 0.25) is 0 Å². The van der Waals surface area contributed by atoms with Crippen LogP contribution in [-0.2, 0) is 11.3 Å². The molecule has 4 rings (SSSR count). The lowest BCUT2D eigenvalue weighted by Gasteiger charge is -2.44. The fourth-order valence-corrected chi connectivity index (χ4v) is 4.80. The van der Waals surface area contributed by atoms with Crippen LogP contribution in [0.5, 0.6) is 0 Å². The van der Waals surface area contributed by atoms with Gasteiger partial charge in [0.05, 0.1) is 6.04 Å². The van der Waals surface area contributed by atoms with E-state index < -0.39 is 0 Å². The SMILES string of the molecule is Cc1ccc(C2=CC3CCCC(C2)N3C(=O)OCc2ccccc2)s1. The highest BCUT2D eigenvalue weighted by Gasteiger charge is 2.38. The maximum atomic E-state index is 12.7. The summed E-state index contributed by atoms with van der Waals surface area (Å²) in [6, 6.07) is 14.7. The number of carbonyl (C=O) groups excluding carboxylic acids is 1. The van der Waals surface area contributed by atoms with E-state index >= 15 is 0 Å². The second-order valence-corrected chi connectivity index (χ2v) is 8.19. The molecule has 130 valence electrons. The predicted octanol–water partition coefficient (Wildman–Crippen LogP) is 5.40. The van der Waals surface area contributed by atoms with Crippen LogP contribution in [0.4, 0.5) is 4.79 Å². The Labute approximate surface area is 152 Å². The standard InChI is InChI=1S/C21H23NO2S/c1-15-10-11-20(25-15)17-12-18-8-5-9-19(13-17)22(18)21(23)24-14-16-6-3-2-4-7-16/h2-4,6-7,10-12,18-19H,5,8-9,13-14H2,1H3. The molecule has 3 nitrogen and oxygen atoms in total. The average Bonchev–Trinajstić information content (AvgIpc) is 3.06. The van der Waals surface area contributed by atoms with Gasteiger partial charge in [0.1, 0.15) is 6.61 Å². The molecule has 2 unspecified atom stereocenters. The lowest BCUT2D eigenvalue weighted by Crippen LogP contribution is -2.51. The molecule has 0 N–H and O–H groups in total. The number of ether oxygens (including phenoxy) is 1. The van der Waals surface area contributed by atoms with E-state index in [-0.39, 0.29) is 18.2 Å². The van der Waals surface area contributed by atoms with E-state index in [1.807, 2.05) is 46.6 Å². The van der Waals surface area contributed by atoms with Gasteiger partial charge in [0.15, 0.2) is 0 Å². The van der Waals surface area contributed by atoms with Gasteiger partial charge in [-0.1, -0.05) is 36.4 Å². The molecule has 2 aliphatic heterocycles. The van der Waals surface area contributed by atoms with Crippen molar-refractivity contribution < 1.29 is 9.53 Å². The van der Waals surface area contributed by atoms with E-state index in [2.05, 4.69) is 25.1 Å². The predicted molar refractivity (Wildman–Crippen MR) is 102 cm³/mol. The number of thiophene rings is 1. The van der Waals surface area contributed by atoms with Crippen molar-refractivity contribution in [3.05, 3.63) is 63.9 Å². The lowest BCUT2D eigenvalue weighted by atomic mass is 9.85. The van der Waals surface area contributed by atoms with E-state index in [9.17, 15) is 4.79 Å². The Bertz CT molecular complexity index is 780. The van der Waals surface area contributed by atoms with Crippen molar-refractivity contribution in [2.45, 2.75) is 51.3 Å². The zero-order chi connectivity index (χ0) is 17.2. The Hall–Kier alpha value is -2.07. The molecule has 2 aliphatic rings. The molecule has 0 spiro atoms. The Balaban J connectivity index is 1.49. The van der Waals surface area contributed by atoms with Gasteiger partial charge in [-0.2, -0.15) is 0 Å². The first-order valence-corrected chi connectivity index (χ1v) is 9.79. The van der Waals surface area contributed by atoms with Crippen LogP contribution < -0.4 is 0 Å². The van der Waals surface area contributed by atoms with Crippen molar-refractivity contribution in [1.29, 1.82) is 0 Å². The number of piperidine rings is 1. The van der Waals surface area contributed by atoms with Crippen LogP contribution in [0.3, 0.4) is 0 Å². The molecular formula is C21H23NO2S. The summed E-state index contributed by atoms with van der Waals surface area (Å²) in [5.41, 5.74) is 2.43. The number of aryl methyl sites for hydroxylation is 1. The van der Waals surface area contributed by atoms with Crippen molar-refractivity contribution in [3.63, 3.8) is 0 Å². The smallest absolute Gasteiger partial charge is 0.410 e. The highest BCUT2D eigenvalue weighted by atomic mass is 32.1. The van der Waals surface area contributed by atoms with E-state index in [0.29, 0.717) is 6.61 Å². The number of fused-ring (bicyclic) bond motifs is 2. The van der Waals surface area contributed by atoms with Crippen LogP contribution in [-0.4, -0.2) is 23.1 Å². The van der Waals surface area contributed by atoms with Gasteiger partial charge in [0.25, 0.3) is 0 Å². The number of nitrogens with zero attached hydrogens (tertiary/aromatic N) is 1. The number of hydrogen-bond acceptors (Lipinski definition) is 3. The first-order valence-electron chi connectivity index (χ1n) is 8.97. The van der Waals surface area contributed by atoms with Gasteiger partial charge in [-0.05, 0) is 55.9 Å².